The molecule has 0 heterocycles. The Labute approximate surface area is 106 Å². The number of benzene rings is 2. The molecule has 2 aromatic rings. The van der Waals surface area contributed by atoms with Crippen LogP contribution in [0.4, 0.5) is 5.69 Å². The number of para-hydroxylation sites is 1. The number of hydrogen-bond acceptors (Lipinski definition) is 1. The van der Waals surface area contributed by atoms with Gasteiger partial charge in [-0.1, -0.05) is 48.0 Å². The van der Waals surface area contributed by atoms with Crippen LogP contribution in [0.3, 0.4) is 0 Å². The van der Waals surface area contributed by atoms with Crippen molar-refractivity contribution in [3.63, 3.8) is 0 Å². The summed E-state index contributed by atoms with van der Waals surface area (Å²) in [6.45, 7) is 2.08. The molecule has 0 bridgehead atoms. The van der Waals surface area contributed by atoms with Crippen molar-refractivity contribution in [2.45, 2.75) is 6.92 Å². The molecule has 3 N–H and O–H groups in total. The van der Waals surface area contributed by atoms with E-state index in [0.29, 0.717) is 0 Å². The molecule has 2 aromatic carbocycles. The Balaban J connectivity index is 2.47. The van der Waals surface area contributed by atoms with E-state index in [9.17, 15) is 0 Å². The maximum Gasteiger partial charge on any atom is 0.168 e. The van der Waals surface area contributed by atoms with Gasteiger partial charge >= 0.3 is 0 Å². The lowest BCUT2D eigenvalue weighted by molar-refractivity contribution is 1.46. The summed E-state index contributed by atoms with van der Waals surface area (Å²) in [6, 6.07) is 16.3. The van der Waals surface area contributed by atoms with E-state index >= 15 is 0 Å². The van der Waals surface area contributed by atoms with Crippen LogP contribution < -0.4 is 11.1 Å². The number of nitrogens with one attached hydrogen (secondary N) is 1. The molecule has 0 spiro atoms. The summed E-state index contributed by atoms with van der Waals surface area (Å²) in [4.78, 5) is 0. The molecular weight excluding hydrogens is 228 g/mol. The molecule has 2 nitrogen and oxygen atoms in total. The van der Waals surface area contributed by atoms with Crippen molar-refractivity contribution in [3.8, 4) is 11.1 Å². The van der Waals surface area contributed by atoms with Crippen LogP contribution in [0.2, 0.25) is 0 Å². The Kier molecular flexibility index (Phi) is 3.40. The second kappa shape index (κ2) is 4.97. The average Bonchev–Trinajstić information content (AvgIpc) is 2.29. The molecule has 0 radical (unpaired) electrons. The minimum atomic E-state index is 0.283. The highest BCUT2D eigenvalue weighted by Crippen LogP contribution is 2.28. The minimum Gasteiger partial charge on any atom is -0.376 e. The summed E-state index contributed by atoms with van der Waals surface area (Å²) in [5.41, 5.74) is 9.94. The van der Waals surface area contributed by atoms with Crippen molar-refractivity contribution >= 4 is 23.0 Å². The molecule has 0 fully saturated rings. The van der Waals surface area contributed by atoms with E-state index in [4.69, 9.17) is 18.0 Å². The van der Waals surface area contributed by atoms with Gasteiger partial charge in [-0.15, -0.1) is 0 Å². The topological polar surface area (TPSA) is 38.0 Å². The van der Waals surface area contributed by atoms with Crippen LogP contribution in [0.1, 0.15) is 5.56 Å². The molecule has 17 heavy (non-hydrogen) atoms. The molecule has 0 saturated carbocycles. The van der Waals surface area contributed by atoms with Gasteiger partial charge in [0.2, 0.25) is 0 Å². The molecule has 0 saturated heterocycles. The van der Waals surface area contributed by atoms with Crippen LogP contribution in [0.25, 0.3) is 11.1 Å². The fraction of sp³-hybridized carbons (Fsp3) is 0.0714. The predicted octanol–water partition coefficient (Wildman–Crippen LogP) is 3.32. The van der Waals surface area contributed by atoms with Gasteiger partial charge in [-0.3, -0.25) is 0 Å². The van der Waals surface area contributed by atoms with Crippen molar-refractivity contribution < 1.29 is 0 Å². The van der Waals surface area contributed by atoms with Gasteiger partial charge in [-0.25, -0.2) is 0 Å². The Morgan fingerprint density at radius 3 is 2.59 bits per heavy atom. The zero-order valence-corrected chi connectivity index (χ0v) is 10.4. The van der Waals surface area contributed by atoms with Gasteiger partial charge in [-0.05, 0) is 30.8 Å². The summed E-state index contributed by atoms with van der Waals surface area (Å²) in [5.74, 6) is 0. The third-order valence-corrected chi connectivity index (χ3v) is 2.62. The number of hydrogen-bond donors (Lipinski definition) is 2. The first-order chi connectivity index (χ1) is 8.16. The number of rotatable bonds is 2. The zero-order valence-electron chi connectivity index (χ0n) is 9.60. The largest absolute Gasteiger partial charge is 0.376 e. The van der Waals surface area contributed by atoms with Gasteiger partial charge in [0.25, 0.3) is 0 Å². The Hall–Kier alpha value is -1.87. The normalized spacial score (nSPS) is 9.94. The van der Waals surface area contributed by atoms with E-state index in [2.05, 4.69) is 36.5 Å². The van der Waals surface area contributed by atoms with Crippen LogP contribution in [-0.2, 0) is 0 Å². The van der Waals surface area contributed by atoms with Crippen LogP contribution in [0, 0.1) is 6.92 Å². The van der Waals surface area contributed by atoms with Crippen LogP contribution >= 0.6 is 12.2 Å². The third kappa shape index (κ3) is 2.82. The Morgan fingerprint density at radius 1 is 1.12 bits per heavy atom. The fourth-order valence-electron chi connectivity index (χ4n) is 1.79. The van der Waals surface area contributed by atoms with E-state index < -0.39 is 0 Å². The monoisotopic (exact) mass is 242 g/mol. The van der Waals surface area contributed by atoms with E-state index in [1.807, 2.05) is 24.3 Å². The SMILES string of the molecule is Cc1cccc(-c2ccccc2NC(N)=S)c1. The molecule has 0 atom stereocenters. The van der Waals surface area contributed by atoms with Crippen molar-refractivity contribution in [1.82, 2.24) is 0 Å². The van der Waals surface area contributed by atoms with Crippen molar-refractivity contribution in [3.05, 3.63) is 54.1 Å². The molecular formula is C14H14N2S. The fourth-order valence-corrected chi connectivity index (χ4v) is 1.90. The smallest absolute Gasteiger partial charge is 0.168 e. The van der Waals surface area contributed by atoms with Gasteiger partial charge in [0.15, 0.2) is 5.11 Å². The first-order valence-electron chi connectivity index (χ1n) is 5.39. The first-order valence-corrected chi connectivity index (χ1v) is 5.80. The number of thiocarbonyl (C=S) groups is 1. The molecule has 0 unspecified atom stereocenters. The van der Waals surface area contributed by atoms with E-state index in [0.717, 1.165) is 16.8 Å². The Bertz CT molecular complexity index is 549. The lowest BCUT2D eigenvalue weighted by atomic mass is 10.0. The van der Waals surface area contributed by atoms with Crippen molar-refractivity contribution in [1.29, 1.82) is 0 Å². The molecule has 2 rings (SSSR count). The highest BCUT2D eigenvalue weighted by atomic mass is 32.1. The highest BCUT2D eigenvalue weighted by molar-refractivity contribution is 7.80. The van der Waals surface area contributed by atoms with E-state index in [1.54, 1.807) is 0 Å². The zero-order chi connectivity index (χ0) is 12.3. The lowest BCUT2D eigenvalue weighted by Crippen LogP contribution is -2.19. The van der Waals surface area contributed by atoms with Crippen LogP contribution in [0.5, 0.6) is 0 Å². The molecule has 0 aliphatic rings. The first kappa shape index (κ1) is 11.6. The van der Waals surface area contributed by atoms with Gasteiger partial charge < -0.3 is 11.1 Å². The Morgan fingerprint density at radius 2 is 1.88 bits per heavy atom. The molecule has 0 aliphatic carbocycles. The standard InChI is InChI=1S/C14H14N2S/c1-10-5-4-6-11(9-10)12-7-2-3-8-13(12)16-14(15)17/h2-9H,1H3,(H3,15,16,17). The second-order valence-electron chi connectivity index (χ2n) is 3.90. The number of nitrogens with two attached hydrogens (primary N) is 1. The van der Waals surface area contributed by atoms with E-state index in [1.165, 1.54) is 5.56 Å². The number of anilines is 1. The van der Waals surface area contributed by atoms with Gasteiger partial charge in [0.1, 0.15) is 0 Å². The second-order valence-corrected chi connectivity index (χ2v) is 4.34. The third-order valence-electron chi connectivity index (χ3n) is 2.51. The maximum atomic E-state index is 5.52. The minimum absolute atomic E-state index is 0.283. The van der Waals surface area contributed by atoms with Gasteiger partial charge in [0.05, 0.1) is 0 Å². The highest BCUT2D eigenvalue weighted by Gasteiger charge is 2.04. The molecule has 0 amide bonds. The molecule has 86 valence electrons. The summed E-state index contributed by atoms with van der Waals surface area (Å²) in [7, 11) is 0. The van der Waals surface area contributed by atoms with Crippen molar-refractivity contribution in [2.24, 2.45) is 5.73 Å². The molecule has 3 heteroatoms. The average molecular weight is 242 g/mol. The maximum absolute atomic E-state index is 5.52. The number of aryl methyl sites for hydroxylation is 1. The lowest BCUT2D eigenvalue weighted by Gasteiger charge is -2.11. The van der Waals surface area contributed by atoms with Gasteiger partial charge in [0, 0.05) is 11.3 Å². The predicted molar refractivity (Wildman–Crippen MR) is 77.0 cm³/mol. The summed E-state index contributed by atoms with van der Waals surface area (Å²) < 4.78 is 0. The summed E-state index contributed by atoms with van der Waals surface area (Å²) in [6.07, 6.45) is 0. The molecule has 0 aliphatic heterocycles. The van der Waals surface area contributed by atoms with Crippen molar-refractivity contribution in [2.75, 3.05) is 5.32 Å². The van der Waals surface area contributed by atoms with E-state index in [-0.39, 0.29) is 5.11 Å². The molecule has 0 aromatic heterocycles. The quantitative estimate of drug-likeness (QED) is 0.793. The summed E-state index contributed by atoms with van der Waals surface area (Å²) >= 11 is 4.88. The van der Waals surface area contributed by atoms with Crippen LogP contribution in [-0.4, -0.2) is 5.11 Å². The van der Waals surface area contributed by atoms with Crippen LogP contribution in [0.15, 0.2) is 48.5 Å². The summed E-state index contributed by atoms with van der Waals surface area (Å²) in [5, 5.41) is 3.28. The van der Waals surface area contributed by atoms with Gasteiger partial charge in [-0.2, -0.15) is 0 Å².